The van der Waals surface area contributed by atoms with Gasteiger partial charge in [-0.05, 0) is 54.6 Å². The maximum atomic E-state index is 6.12. The Morgan fingerprint density at radius 3 is 2.76 bits per heavy atom. The lowest BCUT2D eigenvalue weighted by molar-refractivity contribution is 0.226. The summed E-state index contributed by atoms with van der Waals surface area (Å²) < 4.78 is 6.12. The molecule has 2 nitrogen and oxygen atoms in total. The Morgan fingerprint density at radius 1 is 1.14 bits per heavy atom. The second kappa shape index (κ2) is 6.31. The first-order chi connectivity index (χ1) is 10.2. The van der Waals surface area contributed by atoms with Crippen LogP contribution in [0.4, 0.5) is 0 Å². The molecule has 2 atom stereocenters. The van der Waals surface area contributed by atoms with Crippen LogP contribution in [0.2, 0.25) is 0 Å². The number of ether oxygens (including phenoxy) is 1. The molecular weight excluding hydrogens is 258 g/mol. The van der Waals surface area contributed by atoms with Crippen molar-refractivity contribution in [1.82, 2.24) is 5.32 Å². The minimum absolute atomic E-state index is 0.0746. The fraction of sp³-hybridized carbons (Fsp3) is 0.368. The van der Waals surface area contributed by atoms with Gasteiger partial charge < -0.3 is 10.1 Å². The van der Waals surface area contributed by atoms with Crippen LogP contribution in [0.15, 0.2) is 48.5 Å². The van der Waals surface area contributed by atoms with Gasteiger partial charge in [-0.15, -0.1) is 0 Å². The largest absolute Gasteiger partial charge is 0.486 e. The van der Waals surface area contributed by atoms with Crippen molar-refractivity contribution in [2.45, 2.75) is 32.3 Å². The molecule has 1 heterocycles. The van der Waals surface area contributed by atoms with E-state index in [1.807, 2.05) is 6.07 Å². The average Bonchev–Trinajstić information content (AvgIpc) is 2.70. The van der Waals surface area contributed by atoms with Crippen molar-refractivity contribution >= 4 is 0 Å². The van der Waals surface area contributed by atoms with Gasteiger partial charge in [0, 0.05) is 6.54 Å². The average molecular weight is 281 g/mol. The third-order valence-electron chi connectivity index (χ3n) is 4.25. The fourth-order valence-corrected chi connectivity index (χ4v) is 3.00. The van der Waals surface area contributed by atoms with Crippen molar-refractivity contribution in [2.24, 2.45) is 0 Å². The molecule has 2 unspecified atom stereocenters. The molecule has 21 heavy (non-hydrogen) atoms. The predicted octanol–water partition coefficient (Wildman–Crippen LogP) is 4.08. The molecule has 0 saturated carbocycles. The quantitative estimate of drug-likeness (QED) is 0.915. The highest BCUT2D eigenvalue weighted by Gasteiger charge is 2.15. The van der Waals surface area contributed by atoms with Crippen molar-refractivity contribution < 1.29 is 4.74 Å². The Hall–Kier alpha value is -1.80. The monoisotopic (exact) mass is 281 g/mol. The van der Waals surface area contributed by atoms with E-state index in [0.29, 0.717) is 5.92 Å². The zero-order valence-corrected chi connectivity index (χ0v) is 12.8. The molecule has 3 rings (SSSR count). The van der Waals surface area contributed by atoms with Crippen LogP contribution in [0, 0.1) is 0 Å². The number of hydrogen-bond donors (Lipinski definition) is 1. The Morgan fingerprint density at radius 2 is 1.95 bits per heavy atom. The van der Waals surface area contributed by atoms with E-state index in [1.165, 1.54) is 16.7 Å². The number of benzene rings is 2. The third kappa shape index (κ3) is 3.27. The Labute approximate surface area is 127 Å². The molecule has 0 aromatic heterocycles. The van der Waals surface area contributed by atoms with E-state index in [4.69, 9.17) is 4.74 Å². The minimum atomic E-state index is 0.0746. The minimum Gasteiger partial charge on any atom is -0.486 e. The van der Waals surface area contributed by atoms with Crippen LogP contribution in [0.25, 0.3) is 0 Å². The van der Waals surface area contributed by atoms with Crippen LogP contribution < -0.4 is 10.1 Å². The summed E-state index contributed by atoms with van der Waals surface area (Å²) in [6.45, 7) is 6.50. The summed E-state index contributed by atoms with van der Waals surface area (Å²) in [5, 5.41) is 3.49. The molecule has 1 N–H and O–H groups in total. The molecule has 2 aromatic carbocycles. The molecule has 0 spiro atoms. The Bertz CT molecular complexity index is 594. The molecule has 2 heteroatoms. The van der Waals surface area contributed by atoms with Crippen molar-refractivity contribution in [1.29, 1.82) is 0 Å². The molecule has 0 fully saturated rings. The van der Waals surface area contributed by atoms with E-state index in [-0.39, 0.29) is 6.10 Å². The highest BCUT2D eigenvalue weighted by Crippen LogP contribution is 2.28. The van der Waals surface area contributed by atoms with Crippen LogP contribution in [0.1, 0.15) is 42.6 Å². The highest BCUT2D eigenvalue weighted by molar-refractivity contribution is 5.39. The van der Waals surface area contributed by atoms with E-state index >= 15 is 0 Å². The molecule has 0 aliphatic carbocycles. The van der Waals surface area contributed by atoms with E-state index in [0.717, 1.165) is 25.3 Å². The smallest absolute Gasteiger partial charge is 0.121 e. The molecule has 0 saturated heterocycles. The second-order valence-electron chi connectivity index (χ2n) is 5.89. The summed E-state index contributed by atoms with van der Waals surface area (Å²) in [5.41, 5.74) is 4.09. The van der Waals surface area contributed by atoms with Gasteiger partial charge in [-0.25, -0.2) is 0 Å². The SMILES string of the molecule is CC1CNCCc2cc(OC(C)c3ccccc3)ccc21. The first kappa shape index (κ1) is 14.2. The number of fused-ring (bicyclic) bond motifs is 1. The maximum Gasteiger partial charge on any atom is 0.121 e. The summed E-state index contributed by atoms with van der Waals surface area (Å²) in [6, 6.07) is 16.9. The van der Waals surface area contributed by atoms with Crippen molar-refractivity contribution in [2.75, 3.05) is 13.1 Å². The lowest BCUT2D eigenvalue weighted by atomic mass is 9.95. The summed E-state index contributed by atoms with van der Waals surface area (Å²) in [4.78, 5) is 0. The Balaban J connectivity index is 1.79. The lowest BCUT2D eigenvalue weighted by Crippen LogP contribution is -2.18. The molecule has 0 amide bonds. The van der Waals surface area contributed by atoms with E-state index in [2.05, 4.69) is 61.6 Å². The van der Waals surface area contributed by atoms with Crippen molar-refractivity contribution in [3.05, 3.63) is 65.2 Å². The first-order valence-corrected chi connectivity index (χ1v) is 7.79. The molecular formula is C19H23NO. The van der Waals surface area contributed by atoms with E-state index in [9.17, 15) is 0 Å². The highest BCUT2D eigenvalue weighted by atomic mass is 16.5. The topological polar surface area (TPSA) is 21.3 Å². The van der Waals surface area contributed by atoms with Crippen molar-refractivity contribution in [3.8, 4) is 5.75 Å². The zero-order chi connectivity index (χ0) is 14.7. The van der Waals surface area contributed by atoms with Gasteiger partial charge >= 0.3 is 0 Å². The summed E-state index contributed by atoms with van der Waals surface area (Å²) in [6.07, 6.45) is 1.15. The predicted molar refractivity (Wildman–Crippen MR) is 86.9 cm³/mol. The summed E-state index contributed by atoms with van der Waals surface area (Å²) >= 11 is 0. The van der Waals surface area contributed by atoms with Crippen molar-refractivity contribution in [3.63, 3.8) is 0 Å². The van der Waals surface area contributed by atoms with Gasteiger partial charge in [-0.2, -0.15) is 0 Å². The van der Waals surface area contributed by atoms with Crippen LogP contribution in [0.5, 0.6) is 5.75 Å². The molecule has 110 valence electrons. The van der Waals surface area contributed by atoms with Crippen LogP contribution in [-0.4, -0.2) is 13.1 Å². The second-order valence-corrected chi connectivity index (χ2v) is 5.89. The number of nitrogens with one attached hydrogen (secondary N) is 1. The van der Waals surface area contributed by atoms with E-state index < -0.39 is 0 Å². The summed E-state index contributed by atoms with van der Waals surface area (Å²) in [5.74, 6) is 1.54. The fourth-order valence-electron chi connectivity index (χ4n) is 3.00. The molecule has 1 aliphatic heterocycles. The molecule has 2 aromatic rings. The van der Waals surface area contributed by atoms with Gasteiger partial charge in [0.2, 0.25) is 0 Å². The lowest BCUT2D eigenvalue weighted by Gasteiger charge is -2.18. The first-order valence-electron chi connectivity index (χ1n) is 7.79. The summed E-state index contributed by atoms with van der Waals surface area (Å²) in [7, 11) is 0. The van der Waals surface area contributed by atoms with Gasteiger partial charge in [-0.1, -0.05) is 43.3 Å². The van der Waals surface area contributed by atoms with Gasteiger partial charge in [-0.3, -0.25) is 0 Å². The van der Waals surface area contributed by atoms with Crippen LogP contribution in [-0.2, 0) is 6.42 Å². The molecule has 0 bridgehead atoms. The van der Waals surface area contributed by atoms with Gasteiger partial charge in [0.05, 0.1) is 0 Å². The van der Waals surface area contributed by atoms with Crippen LogP contribution >= 0.6 is 0 Å². The van der Waals surface area contributed by atoms with Gasteiger partial charge in [0.25, 0.3) is 0 Å². The van der Waals surface area contributed by atoms with Crippen LogP contribution in [0.3, 0.4) is 0 Å². The Kier molecular flexibility index (Phi) is 4.26. The van der Waals surface area contributed by atoms with Gasteiger partial charge in [0.15, 0.2) is 0 Å². The molecule has 0 radical (unpaired) electrons. The maximum absolute atomic E-state index is 6.12. The van der Waals surface area contributed by atoms with Gasteiger partial charge in [0.1, 0.15) is 11.9 Å². The number of rotatable bonds is 3. The number of hydrogen-bond acceptors (Lipinski definition) is 2. The zero-order valence-electron chi connectivity index (χ0n) is 12.8. The third-order valence-corrected chi connectivity index (χ3v) is 4.25. The van der Waals surface area contributed by atoms with E-state index in [1.54, 1.807) is 0 Å². The normalized spacial score (nSPS) is 19.4. The molecule has 1 aliphatic rings. The standard InChI is InChI=1S/C19H23NO/c1-14-13-20-11-10-17-12-18(8-9-19(14)17)21-15(2)16-6-4-3-5-7-16/h3-9,12,14-15,20H,10-11,13H2,1-2H3.